The van der Waals surface area contributed by atoms with Crippen molar-refractivity contribution in [1.82, 2.24) is 5.09 Å². The first kappa shape index (κ1) is 8.66. The van der Waals surface area contributed by atoms with Gasteiger partial charge in [-0.3, -0.25) is 5.09 Å². The van der Waals surface area contributed by atoms with Gasteiger partial charge in [0.1, 0.15) is 0 Å². The van der Waals surface area contributed by atoms with E-state index in [9.17, 15) is 5.11 Å². The normalized spacial score (nSPS) is 12.9. The van der Waals surface area contributed by atoms with Crippen molar-refractivity contribution >= 4 is 9.39 Å². The van der Waals surface area contributed by atoms with Gasteiger partial charge in [-0.05, 0) is 5.56 Å². The molecule has 1 aromatic carbocycles. The molecular formula is C8H12NOP. The average Bonchev–Trinajstić information content (AvgIpc) is 2.07. The fourth-order valence-corrected chi connectivity index (χ4v) is 1.13. The Hall–Kier alpha value is -0.430. The van der Waals surface area contributed by atoms with Crippen LogP contribution >= 0.6 is 9.39 Å². The van der Waals surface area contributed by atoms with Crippen LogP contribution in [0.5, 0.6) is 0 Å². The van der Waals surface area contributed by atoms with E-state index < -0.39 is 6.10 Å². The average molecular weight is 169 g/mol. The Balaban J connectivity index is 2.61. The molecule has 0 saturated carbocycles. The van der Waals surface area contributed by atoms with Crippen molar-refractivity contribution in [2.75, 3.05) is 6.54 Å². The van der Waals surface area contributed by atoms with Gasteiger partial charge in [-0.25, -0.2) is 0 Å². The molecule has 0 bridgehead atoms. The van der Waals surface area contributed by atoms with Crippen LogP contribution in [-0.2, 0) is 0 Å². The first-order valence-corrected chi connectivity index (χ1v) is 4.09. The lowest BCUT2D eigenvalue weighted by molar-refractivity contribution is 0.183. The second-order valence-electron chi connectivity index (χ2n) is 2.33. The van der Waals surface area contributed by atoms with Gasteiger partial charge in [-0.15, -0.1) is 0 Å². The molecule has 2 atom stereocenters. The number of nitrogens with one attached hydrogen (secondary N) is 1. The van der Waals surface area contributed by atoms with Gasteiger partial charge in [0.15, 0.2) is 0 Å². The van der Waals surface area contributed by atoms with Crippen LogP contribution in [0.25, 0.3) is 0 Å². The molecule has 0 heterocycles. The van der Waals surface area contributed by atoms with Crippen molar-refractivity contribution in [2.24, 2.45) is 0 Å². The van der Waals surface area contributed by atoms with Crippen molar-refractivity contribution in [2.45, 2.75) is 6.10 Å². The molecule has 1 aromatic rings. The van der Waals surface area contributed by atoms with E-state index in [1.807, 2.05) is 30.3 Å². The summed E-state index contributed by atoms with van der Waals surface area (Å²) in [6.45, 7) is 0.564. The Morgan fingerprint density at radius 1 is 1.36 bits per heavy atom. The lowest BCUT2D eigenvalue weighted by Crippen LogP contribution is -2.11. The van der Waals surface area contributed by atoms with Crippen LogP contribution in [0, 0.1) is 0 Å². The van der Waals surface area contributed by atoms with Gasteiger partial charge in [-0.1, -0.05) is 39.7 Å². The van der Waals surface area contributed by atoms with Crippen LogP contribution < -0.4 is 5.09 Å². The van der Waals surface area contributed by atoms with Gasteiger partial charge in [-0.2, -0.15) is 0 Å². The second-order valence-corrected chi connectivity index (χ2v) is 2.74. The first-order valence-electron chi connectivity index (χ1n) is 3.51. The summed E-state index contributed by atoms with van der Waals surface area (Å²) in [6, 6.07) is 9.59. The molecule has 0 aliphatic heterocycles. The molecule has 0 aliphatic carbocycles. The van der Waals surface area contributed by atoms with Crippen LogP contribution in [0.3, 0.4) is 0 Å². The highest BCUT2D eigenvalue weighted by Gasteiger charge is 2.03. The maximum Gasteiger partial charge on any atom is 0.0917 e. The smallest absolute Gasteiger partial charge is 0.0917 e. The minimum absolute atomic E-state index is 0.409. The highest BCUT2D eigenvalue weighted by atomic mass is 31.0. The maximum atomic E-state index is 9.44. The van der Waals surface area contributed by atoms with Crippen molar-refractivity contribution in [3.05, 3.63) is 35.9 Å². The summed E-state index contributed by atoms with van der Waals surface area (Å²) in [4.78, 5) is 0. The lowest BCUT2D eigenvalue weighted by atomic mass is 10.1. The van der Waals surface area contributed by atoms with Crippen molar-refractivity contribution in [3.63, 3.8) is 0 Å². The van der Waals surface area contributed by atoms with E-state index in [0.29, 0.717) is 6.54 Å². The molecule has 2 unspecified atom stereocenters. The molecule has 0 radical (unpaired) electrons. The predicted octanol–water partition coefficient (Wildman–Crippen LogP) is 1.10. The van der Waals surface area contributed by atoms with Crippen LogP contribution in [0.2, 0.25) is 0 Å². The first-order chi connectivity index (χ1) is 5.34. The molecule has 0 fully saturated rings. The van der Waals surface area contributed by atoms with E-state index in [4.69, 9.17) is 0 Å². The third kappa shape index (κ3) is 2.58. The Bertz CT molecular complexity index is 203. The highest BCUT2D eigenvalue weighted by Crippen LogP contribution is 2.10. The number of hydrogen-bond acceptors (Lipinski definition) is 2. The monoisotopic (exact) mass is 169 g/mol. The SMILES string of the molecule is OC(CNP)c1ccccc1. The molecule has 0 spiro atoms. The van der Waals surface area contributed by atoms with E-state index >= 15 is 0 Å². The minimum atomic E-state index is -0.409. The minimum Gasteiger partial charge on any atom is -0.387 e. The summed E-state index contributed by atoms with van der Waals surface area (Å²) >= 11 is 0. The van der Waals surface area contributed by atoms with Crippen LogP contribution in [0.1, 0.15) is 11.7 Å². The van der Waals surface area contributed by atoms with E-state index in [1.54, 1.807) is 0 Å². The number of rotatable bonds is 3. The Labute approximate surface area is 68.9 Å². The Morgan fingerprint density at radius 3 is 2.55 bits per heavy atom. The lowest BCUT2D eigenvalue weighted by Gasteiger charge is -2.08. The molecule has 11 heavy (non-hydrogen) atoms. The van der Waals surface area contributed by atoms with Gasteiger partial charge in [0.25, 0.3) is 0 Å². The third-order valence-electron chi connectivity index (χ3n) is 1.50. The number of aliphatic hydroxyl groups excluding tert-OH is 1. The molecule has 3 heteroatoms. The summed E-state index contributed by atoms with van der Waals surface area (Å²) < 4.78 is 0. The van der Waals surface area contributed by atoms with Crippen LogP contribution in [0.4, 0.5) is 0 Å². The largest absolute Gasteiger partial charge is 0.387 e. The molecule has 0 amide bonds. The number of aliphatic hydroxyl groups is 1. The van der Waals surface area contributed by atoms with E-state index in [0.717, 1.165) is 5.56 Å². The fraction of sp³-hybridized carbons (Fsp3) is 0.250. The summed E-state index contributed by atoms with van der Waals surface area (Å²) in [7, 11) is 2.36. The highest BCUT2D eigenvalue weighted by molar-refractivity contribution is 7.13. The zero-order chi connectivity index (χ0) is 8.10. The Morgan fingerprint density at radius 2 is 2.00 bits per heavy atom. The third-order valence-corrected chi connectivity index (χ3v) is 1.73. The van der Waals surface area contributed by atoms with Gasteiger partial charge in [0.2, 0.25) is 0 Å². The van der Waals surface area contributed by atoms with E-state index in [1.165, 1.54) is 0 Å². The standard InChI is InChI=1S/C8H12NOP/c10-8(6-9-11)7-4-2-1-3-5-7/h1-5,8-10H,6,11H2. The van der Waals surface area contributed by atoms with Crippen molar-refractivity contribution < 1.29 is 5.11 Å². The molecule has 1 rings (SSSR count). The van der Waals surface area contributed by atoms with Gasteiger partial charge >= 0.3 is 0 Å². The van der Waals surface area contributed by atoms with E-state index in [-0.39, 0.29) is 0 Å². The molecule has 60 valence electrons. The molecule has 0 aromatic heterocycles. The van der Waals surface area contributed by atoms with Crippen LogP contribution in [-0.4, -0.2) is 11.7 Å². The second kappa shape index (κ2) is 4.45. The predicted molar refractivity (Wildman–Crippen MR) is 49.1 cm³/mol. The molecule has 0 saturated heterocycles. The van der Waals surface area contributed by atoms with Crippen molar-refractivity contribution in [3.8, 4) is 0 Å². The molecular weight excluding hydrogens is 157 g/mol. The van der Waals surface area contributed by atoms with Gasteiger partial charge in [0.05, 0.1) is 6.10 Å². The number of hydrogen-bond donors (Lipinski definition) is 2. The maximum absolute atomic E-state index is 9.44. The number of benzene rings is 1. The molecule has 2 N–H and O–H groups in total. The topological polar surface area (TPSA) is 32.3 Å². The van der Waals surface area contributed by atoms with Gasteiger partial charge < -0.3 is 5.11 Å². The van der Waals surface area contributed by atoms with Crippen LogP contribution in [0.15, 0.2) is 30.3 Å². The molecule has 2 nitrogen and oxygen atoms in total. The van der Waals surface area contributed by atoms with E-state index in [2.05, 4.69) is 14.5 Å². The van der Waals surface area contributed by atoms with Gasteiger partial charge in [0, 0.05) is 6.54 Å². The zero-order valence-corrected chi connectivity index (χ0v) is 7.35. The van der Waals surface area contributed by atoms with Crippen molar-refractivity contribution in [1.29, 1.82) is 0 Å². The Kier molecular flexibility index (Phi) is 3.50. The zero-order valence-electron chi connectivity index (χ0n) is 6.20. The summed E-state index contributed by atoms with van der Waals surface area (Å²) in [5.41, 5.74) is 0.947. The quantitative estimate of drug-likeness (QED) is 0.664. The molecule has 0 aliphatic rings. The summed E-state index contributed by atoms with van der Waals surface area (Å²) in [5.74, 6) is 0. The summed E-state index contributed by atoms with van der Waals surface area (Å²) in [6.07, 6.45) is -0.409. The fourth-order valence-electron chi connectivity index (χ4n) is 0.905. The summed E-state index contributed by atoms with van der Waals surface area (Å²) in [5, 5.41) is 12.3.